The molecule has 8 nitrogen and oxygen atoms in total. The molecule has 1 saturated heterocycles. The lowest BCUT2D eigenvalue weighted by molar-refractivity contribution is -0.135. The van der Waals surface area contributed by atoms with Gasteiger partial charge in [-0.05, 0) is 31.7 Å². The first-order valence-corrected chi connectivity index (χ1v) is 9.98. The van der Waals surface area contributed by atoms with E-state index in [-0.39, 0.29) is 24.6 Å². The molecule has 0 N–H and O–H groups in total. The van der Waals surface area contributed by atoms with Crippen LogP contribution in [0, 0.1) is 0 Å². The minimum absolute atomic E-state index is 0.198. The predicted octanol–water partition coefficient (Wildman–Crippen LogP) is -0.603. The van der Waals surface area contributed by atoms with E-state index in [0.29, 0.717) is 13.1 Å². The SMILES string of the molecule is CC(C(=O)N1CCN(S(C)(=O)=O)CC1)n1nc2c(cc1=O)CCC2. The molecule has 24 heavy (non-hydrogen) atoms. The van der Waals surface area contributed by atoms with Crippen LogP contribution < -0.4 is 5.56 Å². The molecule has 0 saturated carbocycles. The Morgan fingerprint density at radius 1 is 1.21 bits per heavy atom. The maximum Gasteiger partial charge on any atom is 0.267 e. The number of carbonyl (C=O) groups is 1. The first kappa shape index (κ1) is 17.1. The lowest BCUT2D eigenvalue weighted by atomic mass is 10.2. The average Bonchev–Trinajstić information content (AvgIpc) is 2.99. The summed E-state index contributed by atoms with van der Waals surface area (Å²) in [6.07, 6.45) is 3.86. The molecule has 0 spiro atoms. The topological polar surface area (TPSA) is 92.6 Å². The van der Waals surface area contributed by atoms with Crippen LogP contribution in [-0.2, 0) is 27.7 Å². The van der Waals surface area contributed by atoms with Crippen molar-refractivity contribution in [2.45, 2.75) is 32.2 Å². The highest BCUT2D eigenvalue weighted by molar-refractivity contribution is 7.88. The van der Waals surface area contributed by atoms with Crippen molar-refractivity contribution in [1.82, 2.24) is 19.0 Å². The molecule has 0 radical (unpaired) electrons. The molecule has 1 atom stereocenters. The molecule has 1 fully saturated rings. The third kappa shape index (κ3) is 3.23. The fraction of sp³-hybridized carbons (Fsp3) is 0.667. The van der Waals surface area contributed by atoms with Gasteiger partial charge < -0.3 is 4.90 Å². The van der Waals surface area contributed by atoms with E-state index in [1.807, 2.05) is 0 Å². The summed E-state index contributed by atoms with van der Waals surface area (Å²) in [4.78, 5) is 26.5. The average molecular weight is 354 g/mol. The molecule has 0 aromatic carbocycles. The molecule has 1 amide bonds. The smallest absolute Gasteiger partial charge is 0.267 e. The van der Waals surface area contributed by atoms with Crippen molar-refractivity contribution in [1.29, 1.82) is 0 Å². The molecule has 1 unspecified atom stereocenters. The van der Waals surface area contributed by atoms with Crippen molar-refractivity contribution in [3.05, 3.63) is 27.7 Å². The summed E-state index contributed by atoms with van der Waals surface area (Å²) < 4.78 is 25.7. The van der Waals surface area contributed by atoms with Crippen molar-refractivity contribution in [3.8, 4) is 0 Å². The monoisotopic (exact) mass is 354 g/mol. The van der Waals surface area contributed by atoms with Crippen LogP contribution in [0.15, 0.2) is 10.9 Å². The van der Waals surface area contributed by atoms with E-state index >= 15 is 0 Å². The minimum atomic E-state index is -3.23. The van der Waals surface area contributed by atoms with Crippen molar-refractivity contribution in [2.75, 3.05) is 32.4 Å². The Kier molecular flexibility index (Phi) is 4.48. The van der Waals surface area contributed by atoms with Crippen molar-refractivity contribution in [3.63, 3.8) is 0 Å². The van der Waals surface area contributed by atoms with E-state index in [1.54, 1.807) is 17.9 Å². The van der Waals surface area contributed by atoms with Gasteiger partial charge >= 0.3 is 0 Å². The van der Waals surface area contributed by atoms with Crippen LogP contribution in [0.25, 0.3) is 0 Å². The van der Waals surface area contributed by atoms with Crippen LogP contribution in [0.2, 0.25) is 0 Å². The number of aromatic nitrogens is 2. The second-order valence-corrected chi connectivity index (χ2v) is 8.40. The van der Waals surface area contributed by atoms with E-state index < -0.39 is 16.1 Å². The largest absolute Gasteiger partial charge is 0.338 e. The van der Waals surface area contributed by atoms with Crippen LogP contribution in [0.1, 0.15) is 30.6 Å². The van der Waals surface area contributed by atoms with Crippen LogP contribution >= 0.6 is 0 Å². The van der Waals surface area contributed by atoms with Gasteiger partial charge in [-0.25, -0.2) is 13.1 Å². The Morgan fingerprint density at radius 2 is 1.88 bits per heavy atom. The molecule has 3 rings (SSSR count). The Bertz CT molecular complexity index is 809. The van der Waals surface area contributed by atoms with Crippen LogP contribution in [0.5, 0.6) is 0 Å². The van der Waals surface area contributed by atoms with Crippen LogP contribution in [-0.4, -0.2) is 65.7 Å². The molecule has 0 bridgehead atoms. The number of aryl methyl sites for hydroxylation is 2. The van der Waals surface area contributed by atoms with E-state index in [9.17, 15) is 18.0 Å². The van der Waals surface area contributed by atoms with Gasteiger partial charge in [0.15, 0.2) is 0 Å². The number of rotatable bonds is 3. The fourth-order valence-corrected chi connectivity index (χ4v) is 4.13. The number of carbonyl (C=O) groups excluding carboxylic acids is 1. The molecule has 2 heterocycles. The maximum absolute atomic E-state index is 12.7. The Hall–Kier alpha value is -1.74. The first-order chi connectivity index (χ1) is 11.3. The summed E-state index contributed by atoms with van der Waals surface area (Å²) in [7, 11) is -3.23. The number of hydrogen-bond acceptors (Lipinski definition) is 5. The van der Waals surface area contributed by atoms with Gasteiger partial charge in [-0.1, -0.05) is 0 Å². The number of sulfonamides is 1. The standard InChI is InChI=1S/C15H22N4O4S/c1-11(19-14(20)10-12-4-3-5-13(12)16-19)15(21)17-6-8-18(9-7-17)24(2,22)23/h10-11H,3-9H2,1-2H3. The molecule has 1 aliphatic heterocycles. The van der Waals surface area contributed by atoms with Gasteiger partial charge in [0.25, 0.3) is 5.56 Å². The second kappa shape index (κ2) is 6.29. The lowest BCUT2D eigenvalue weighted by Crippen LogP contribution is -2.52. The minimum Gasteiger partial charge on any atom is -0.338 e. The normalized spacial score (nSPS) is 20.0. The van der Waals surface area contributed by atoms with Crippen molar-refractivity contribution >= 4 is 15.9 Å². The van der Waals surface area contributed by atoms with Crippen LogP contribution in [0.4, 0.5) is 0 Å². The quantitative estimate of drug-likeness (QED) is 0.722. The number of hydrogen-bond donors (Lipinski definition) is 0. The highest BCUT2D eigenvalue weighted by Crippen LogP contribution is 2.19. The molecule has 1 aromatic heterocycles. The third-order valence-corrected chi connectivity index (χ3v) is 6.03. The highest BCUT2D eigenvalue weighted by atomic mass is 32.2. The van der Waals surface area contributed by atoms with E-state index in [2.05, 4.69) is 5.10 Å². The van der Waals surface area contributed by atoms with E-state index in [4.69, 9.17) is 0 Å². The Labute approximate surface area is 141 Å². The van der Waals surface area contributed by atoms with Gasteiger partial charge in [0.05, 0.1) is 11.9 Å². The summed E-state index contributed by atoms with van der Waals surface area (Å²) >= 11 is 0. The highest BCUT2D eigenvalue weighted by Gasteiger charge is 2.30. The molecule has 132 valence electrons. The van der Waals surface area contributed by atoms with Crippen LogP contribution in [0.3, 0.4) is 0 Å². The molecule has 1 aliphatic carbocycles. The maximum atomic E-state index is 12.7. The van der Waals surface area contributed by atoms with Gasteiger partial charge in [0, 0.05) is 32.2 Å². The molecule has 2 aliphatic rings. The van der Waals surface area contributed by atoms with Gasteiger partial charge in [-0.3, -0.25) is 9.59 Å². The fourth-order valence-electron chi connectivity index (χ4n) is 3.30. The predicted molar refractivity (Wildman–Crippen MR) is 88.2 cm³/mol. The number of fused-ring (bicyclic) bond motifs is 1. The Morgan fingerprint density at radius 3 is 2.50 bits per heavy atom. The number of amides is 1. The zero-order valence-corrected chi connectivity index (χ0v) is 14.8. The van der Waals surface area contributed by atoms with Gasteiger partial charge in [-0.2, -0.15) is 9.40 Å². The van der Waals surface area contributed by atoms with Gasteiger partial charge in [-0.15, -0.1) is 0 Å². The number of piperazine rings is 1. The first-order valence-electron chi connectivity index (χ1n) is 8.13. The third-order valence-electron chi connectivity index (χ3n) is 4.73. The molecule has 1 aromatic rings. The zero-order chi connectivity index (χ0) is 17.5. The second-order valence-electron chi connectivity index (χ2n) is 6.42. The zero-order valence-electron chi connectivity index (χ0n) is 13.9. The van der Waals surface area contributed by atoms with E-state index in [1.165, 1.54) is 15.2 Å². The van der Waals surface area contributed by atoms with Gasteiger partial charge in [0.2, 0.25) is 15.9 Å². The summed E-state index contributed by atoms with van der Waals surface area (Å²) in [5, 5.41) is 4.37. The molecular weight excluding hydrogens is 332 g/mol. The van der Waals surface area contributed by atoms with Gasteiger partial charge in [0.1, 0.15) is 6.04 Å². The van der Waals surface area contributed by atoms with Crippen molar-refractivity contribution < 1.29 is 13.2 Å². The number of nitrogens with zero attached hydrogens (tertiary/aromatic N) is 4. The molecular formula is C15H22N4O4S. The summed E-state index contributed by atoms with van der Waals surface area (Å²) in [6, 6.07) is 0.897. The summed E-state index contributed by atoms with van der Waals surface area (Å²) in [5.74, 6) is -0.198. The summed E-state index contributed by atoms with van der Waals surface area (Å²) in [5.41, 5.74) is 1.63. The lowest BCUT2D eigenvalue weighted by Gasteiger charge is -2.34. The van der Waals surface area contributed by atoms with E-state index in [0.717, 1.165) is 30.5 Å². The Balaban J connectivity index is 1.73. The van der Waals surface area contributed by atoms with Crippen molar-refractivity contribution in [2.24, 2.45) is 0 Å². The summed E-state index contributed by atoms with van der Waals surface area (Å²) in [6.45, 7) is 2.89. The molecule has 9 heteroatoms.